The van der Waals surface area contributed by atoms with Crippen molar-refractivity contribution in [3.63, 3.8) is 0 Å². The molecule has 0 amide bonds. The highest BCUT2D eigenvalue weighted by Gasteiger charge is 2.03. The largest absolute Gasteiger partial charge is 0.372 e. The van der Waals surface area contributed by atoms with Crippen LogP contribution >= 0.6 is 0 Å². The molecule has 0 saturated carbocycles. The van der Waals surface area contributed by atoms with Gasteiger partial charge in [-0.1, -0.05) is 61.5 Å². The number of rotatable bonds is 9. The van der Waals surface area contributed by atoms with Gasteiger partial charge in [0.05, 0.1) is 19.8 Å². The van der Waals surface area contributed by atoms with Gasteiger partial charge >= 0.3 is 0 Å². The van der Waals surface area contributed by atoms with Crippen LogP contribution in [0.25, 0.3) is 0 Å². The molecule has 0 radical (unpaired) electrons. The monoisotopic (exact) mass is 339 g/mol. The van der Waals surface area contributed by atoms with Crippen molar-refractivity contribution in [2.24, 2.45) is 4.99 Å². The number of hydrogen-bond acceptors (Lipinski definition) is 2. The Kier molecular flexibility index (Phi) is 8.56. The number of hydrogen-bond donors (Lipinski definition) is 2. The number of nitrogens with zero attached hydrogens (tertiary/aromatic N) is 1. The van der Waals surface area contributed by atoms with E-state index < -0.39 is 0 Å². The summed E-state index contributed by atoms with van der Waals surface area (Å²) in [5, 5.41) is 6.61. The van der Waals surface area contributed by atoms with E-state index in [-0.39, 0.29) is 0 Å². The zero-order valence-corrected chi connectivity index (χ0v) is 15.3. The Labute approximate surface area is 151 Å². The lowest BCUT2D eigenvalue weighted by molar-refractivity contribution is 0.106. The highest BCUT2D eigenvalue weighted by atomic mass is 16.5. The predicted octanol–water partition coefficient (Wildman–Crippen LogP) is 3.87. The van der Waals surface area contributed by atoms with Gasteiger partial charge in [0, 0.05) is 13.1 Å². The summed E-state index contributed by atoms with van der Waals surface area (Å²) in [6.07, 6.45) is 1.08. The highest BCUT2D eigenvalue weighted by molar-refractivity contribution is 5.79. The highest BCUT2D eigenvalue weighted by Crippen LogP contribution is 2.13. The molecule has 25 heavy (non-hydrogen) atoms. The summed E-state index contributed by atoms with van der Waals surface area (Å²) in [6, 6.07) is 18.6. The van der Waals surface area contributed by atoms with Crippen LogP contribution in [0.1, 0.15) is 37.0 Å². The maximum atomic E-state index is 5.89. The third-order valence-corrected chi connectivity index (χ3v) is 3.78. The minimum absolute atomic E-state index is 0.597. The van der Waals surface area contributed by atoms with Crippen LogP contribution in [0.4, 0.5) is 0 Å². The summed E-state index contributed by atoms with van der Waals surface area (Å²) < 4.78 is 5.89. The van der Waals surface area contributed by atoms with Crippen molar-refractivity contribution in [3.05, 3.63) is 71.3 Å². The fourth-order valence-corrected chi connectivity index (χ4v) is 2.46. The van der Waals surface area contributed by atoms with Crippen molar-refractivity contribution in [1.82, 2.24) is 10.6 Å². The van der Waals surface area contributed by atoms with Crippen LogP contribution in [-0.4, -0.2) is 19.0 Å². The summed E-state index contributed by atoms with van der Waals surface area (Å²) in [5.74, 6) is 0.865. The van der Waals surface area contributed by atoms with Gasteiger partial charge in [0.15, 0.2) is 5.96 Å². The second-order valence-electron chi connectivity index (χ2n) is 5.87. The van der Waals surface area contributed by atoms with Crippen molar-refractivity contribution in [2.75, 3.05) is 13.1 Å². The molecule has 0 unspecified atom stereocenters. The summed E-state index contributed by atoms with van der Waals surface area (Å²) in [6.45, 7) is 7.87. The zero-order chi connectivity index (χ0) is 17.7. The van der Waals surface area contributed by atoms with Crippen LogP contribution in [0.3, 0.4) is 0 Å². The lowest BCUT2D eigenvalue weighted by Gasteiger charge is -2.12. The summed E-state index contributed by atoms with van der Waals surface area (Å²) in [5.41, 5.74) is 3.58. The van der Waals surface area contributed by atoms with E-state index in [0.29, 0.717) is 19.8 Å². The molecule has 0 aromatic heterocycles. The molecule has 0 spiro atoms. The van der Waals surface area contributed by atoms with E-state index in [4.69, 9.17) is 4.74 Å². The molecule has 134 valence electrons. The van der Waals surface area contributed by atoms with E-state index >= 15 is 0 Å². The van der Waals surface area contributed by atoms with E-state index in [9.17, 15) is 0 Å². The van der Waals surface area contributed by atoms with Gasteiger partial charge < -0.3 is 15.4 Å². The second kappa shape index (κ2) is 11.3. The topological polar surface area (TPSA) is 45.7 Å². The molecule has 0 bridgehead atoms. The Bertz CT molecular complexity index is 641. The second-order valence-corrected chi connectivity index (χ2v) is 5.87. The third kappa shape index (κ3) is 6.98. The summed E-state index contributed by atoms with van der Waals surface area (Å²) in [7, 11) is 0. The molecule has 0 saturated heterocycles. The maximum Gasteiger partial charge on any atom is 0.191 e. The Balaban J connectivity index is 1.94. The van der Waals surface area contributed by atoms with Crippen molar-refractivity contribution in [1.29, 1.82) is 0 Å². The van der Waals surface area contributed by atoms with Gasteiger partial charge in [0.2, 0.25) is 0 Å². The first-order valence-electron chi connectivity index (χ1n) is 9.04. The van der Waals surface area contributed by atoms with Crippen LogP contribution in [-0.2, 0) is 24.5 Å². The van der Waals surface area contributed by atoms with Crippen LogP contribution in [0.5, 0.6) is 0 Å². The molecule has 0 aliphatic rings. The molecule has 4 nitrogen and oxygen atoms in total. The molecule has 2 aromatic carbocycles. The fourth-order valence-electron chi connectivity index (χ4n) is 2.46. The van der Waals surface area contributed by atoms with Crippen LogP contribution in [0.2, 0.25) is 0 Å². The number of ether oxygens (including phenoxy) is 1. The molecule has 0 fully saturated rings. The predicted molar refractivity (Wildman–Crippen MR) is 104 cm³/mol. The normalized spacial score (nSPS) is 11.4. The fraction of sp³-hybridized carbons (Fsp3) is 0.381. The van der Waals surface area contributed by atoms with Gasteiger partial charge in [-0.05, 0) is 30.0 Å². The Hall–Kier alpha value is -2.33. The van der Waals surface area contributed by atoms with E-state index in [2.05, 4.69) is 65.9 Å². The lowest BCUT2D eigenvalue weighted by atomic mass is 10.1. The Morgan fingerprint density at radius 3 is 2.32 bits per heavy atom. The van der Waals surface area contributed by atoms with Crippen molar-refractivity contribution in [2.45, 2.75) is 40.0 Å². The molecular weight excluding hydrogens is 310 g/mol. The Morgan fingerprint density at radius 2 is 1.60 bits per heavy atom. The van der Waals surface area contributed by atoms with E-state index in [1.54, 1.807) is 0 Å². The number of aliphatic imine (C=N–C) groups is 1. The minimum atomic E-state index is 0.597. The van der Waals surface area contributed by atoms with Crippen LogP contribution in [0, 0.1) is 0 Å². The first-order chi connectivity index (χ1) is 12.3. The third-order valence-electron chi connectivity index (χ3n) is 3.78. The Morgan fingerprint density at radius 1 is 0.880 bits per heavy atom. The van der Waals surface area contributed by atoms with Gasteiger partial charge in [-0.3, -0.25) is 0 Å². The average Bonchev–Trinajstić information content (AvgIpc) is 2.66. The zero-order valence-electron chi connectivity index (χ0n) is 15.3. The molecule has 2 aromatic rings. The van der Waals surface area contributed by atoms with Gasteiger partial charge in [0.25, 0.3) is 0 Å². The maximum absolute atomic E-state index is 5.89. The molecule has 0 atom stereocenters. The van der Waals surface area contributed by atoms with E-state index in [0.717, 1.165) is 25.5 Å². The van der Waals surface area contributed by atoms with Gasteiger partial charge in [-0.25, -0.2) is 4.99 Å². The number of guanidine groups is 1. The first kappa shape index (κ1) is 19.0. The smallest absolute Gasteiger partial charge is 0.191 e. The molecule has 0 aliphatic carbocycles. The molecule has 0 aliphatic heterocycles. The number of benzene rings is 2. The summed E-state index contributed by atoms with van der Waals surface area (Å²) >= 11 is 0. The quantitative estimate of drug-likeness (QED) is 0.538. The lowest BCUT2D eigenvalue weighted by Crippen LogP contribution is -2.37. The minimum Gasteiger partial charge on any atom is -0.372 e. The van der Waals surface area contributed by atoms with Crippen molar-refractivity contribution >= 4 is 5.96 Å². The van der Waals surface area contributed by atoms with Gasteiger partial charge in [-0.2, -0.15) is 0 Å². The van der Waals surface area contributed by atoms with Crippen LogP contribution < -0.4 is 10.6 Å². The average molecular weight is 339 g/mol. The van der Waals surface area contributed by atoms with Crippen molar-refractivity contribution in [3.8, 4) is 0 Å². The summed E-state index contributed by atoms with van der Waals surface area (Å²) in [4.78, 5) is 4.69. The van der Waals surface area contributed by atoms with E-state index in [1.807, 2.05) is 18.2 Å². The molecule has 2 N–H and O–H groups in total. The molecule has 4 heteroatoms. The standard InChI is InChI=1S/C21H29N3O/c1-3-14-23-21(22-4-2)24-15-19-12-8-9-13-20(19)17-25-16-18-10-6-5-7-11-18/h5-13H,3-4,14-17H2,1-2H3,(H2,22,23,24). The first-order valence-corrected chi connectivity index (χ1v) is 9.04. The molecule has 0 heterocycles. The molecule has 2 rings (SSSR count). The van der Waals surface area contributed by atoms with Crippen LogP contribution in [0.15, 0.2) is 59.6 Å². The van der Waals surface area contributed by atoms with Crippen molar-refractivity contribution < 1.29 is 4.74 Å². The number of nitrogens with one attached hydrogen (secondary N) is 2. The SMILES string of the molecule is CCCNC(=NCc1ccccc1COCc1ccccc1)NCC. The van der Waals surface area contributed by atoms with E-state index in [1.165, 1.54) is 16.7 Å². The van der Waals surface area contributed by atoms with Gasteiger partial charge in [0.1, 0.15) is 0 Å². The molecular formula is C21H29N3O. The van der Waals surface area contributed by atoms with Gasteiger partial charge in [-0.15, -0.1) is 0 Å².